The highest BCUT2D eigenvalue weighted by atomic mass is 16.5. The van der Waals surface area contributed by atoms with Gasteiger partial charge in [0, 0.05) is 25.3 Å². The van der Waals surface area contributed by atoms with Crippen LogP contribution in [0.4, 0.5) is 0 Å². The minimum Gasteiger partial charge on any atom is -0.382 e. The van der Waals surface area contributed by atoms with Crippen molar-refractivity contribution in [3.8, 4) is 0 Å². The van der Waals surface area contributed by atoms with Gasteiger partial charge in [0.25, 0.3) is 0 Å². The fraction of sp³-hybridized carbons (Fsp3) is 0.750. The monoisotopic (exact) mass is 213 g/mol. The molecule has 0 fully saturated rings. The van der Waals surface area contributed by atoms with Crippen molar-refractivity contribution in [1.82, 2.24) is 5.32 Å². The summed E-state index contributed by atoms with van der Waals surface area (Å²) < 4.78 is 5.23. The molecule has 3 nitrogen and oxygen atoms in total. The van der Waals surface area contributed by atoms with Crippen molar-refractivity contribution >= 4 is 5.91 Å². The van der Waals surface area contributed by atoms with Crippen molar-refractivity contribution in [3.63, 3.8) is 0 Å². The van der Waals surface area contributed by atoms with Crippen LogP contribution in [0.1, 0.15) is 39.5 Å². The zero-order valence-corrected chi connectivity index (χ0v) is 9.97. The first kappa shape index (κ1) is 14.2. The Hall–Kier alpha value is -0.830. The molecule has 0 radical (unpaired) electrons. The van der Waals surface area contributed by atoms with E-state index < -0.39 is 0 Å². The van der Waals surface area contributed by atoms with Gasteiger partial charge in [-0.25, -0.2) is 0 Å². The topological polar surface area (TPSA) is 38.3 Å². The summed E-state index contributed by atoms with van der Waals surface area (Å²) >= 11 is 0. The number of rotatable bonds is 9. The highest BCUT2D eigenvalue weighted by Crippen LogP contribution is 1.99. The second-order valence-electron chi connectivity index (χ2n) is 3.65. The molecule has 0 spiro atoms. The summed E-state index contributed by atoms with van der Waals surface area (Å²) in [6.07, 6.45) is 4.46. The number of hydrogen-bond acceptors (Lipinski definition) is 2. The van der Waals surface area contributed by atoms with Crippen molar-refractivity contribution in [2.75, 3.05) is 19.8 Å². The molecule has 1 amide bonds. The van der Waals surface area contributed by atoms with E-state index in [4.69, 9.17) is 4.74 Å². The van der Waals surface area contributed by atoms with Crippen LogP contribution in [0.5, 0.6) is 0 Å². The molecular weight excluding hydrogens is 190 g/mol. The predicted molar refractivity (Wildman–Crippen MR) is 62.8 cm³/mol. The molecule has 1 N–H and O–H groups in total. The summed E-state index contributed by atoms with van der Waals surface area (Å²) in [7, 11) is 0. The van der Waals surface area contributed by atoms with Gasteiger partial charge in [0.1, 0.15) is 0 Å². The van der Waals surface area contributed by atoms with E-state index in [0.29, 0.717) is 5.57 Å². The van der Waals surface area contributed by atoms with Crippen LogP contribution in [0.2, 0.25) is 0 Å². The summed E-state index contributed by atoms with van der Waals surface area (Å²) in [4.78, 5) is 11.1. The molecule has 3 heteroatoms. The molecule has 0 heterocycles. The van der Waals surface area contributed by atoms with Gasteiger partial charge in [0.15, 0.2) is 0 Å². The van der Waals surface area contributed by atoms with E-state index >= 15 is 0 Å². The molecule has 0 aliphatic heterocycles. The Bertz CT molecular complexity index is 190. The summed E-state index contributed by atoms with van der Waals surface area (Å²) in [6, 6.07) is 0. The van der Waals surface area contributed by atoms with E-state index in [1.807, 2.05) is 6.92 Å². The third-order valence-electron chi connectivity index (χ3n) is 2.09. The van der Waals surface area contributed by atoms with Crippen LogP contribution in [-0.4, -0.2) is 25.7 Å². The van der Waals surface area contributed by atoms with Crippen LogP contribution in [0.25, 0.3) is 0 Å². The van der Waals surface area contributed by atoms with Crippen molar-refractivity contribution < 1.29 is 9.53 Å². The fourth-order valence-corrected chi connectivity index (χ4v) is 1.18. The summed E-state index contributed by atoms with van der Waals surface area (Å²) in [6.45, 7) is 9.71. The van der Waals surface area contributed by atoms with E-state index in [1.54, 1.807) is 6.92 Å². The van der Waals surface area contributed by atoms with E-state index in [0.717, 1.165) is 39.0 Å². The normalized spacial score (nSPS) is 10.0. The molecular formula is C12H23NO2. The Balaban J connectivity index is 3.11. The summed E-state index contributed by atoms with van der Waals surface area (Å²) in [5.41, 5.74) is 0.575. The van der Waals surface area contributed by atoms with Gasteiger partial charge in [-0.1, -0.05) is 19.4 Å². The minimum atomic E-state index is -0.0377. The molecule has 0 saturated heterocycles. The predicted octanol–water partition coefficient (Wildman–Crippen LogP) is 2.28. The molecule has 0 unspecified atom stereocenters. The quantitative estimate of drug-likeness (QED) is 0.471. The molecule has 15 heavy (non-hydrogen) atoms. The fourth-order valence-electron chi connectivity index (χ4n) is 1.18. The standard InChI is InChI=1S/C12H23NO2/c1-4-15-10-8-6-5-7-9-13-12(14)11(2)3/h2,4-10H2,1,3H3,(H,13,14). The SMILES string of the molecule is C=C(C)C(=O)NCCCCCCOCC. The van der Waals surface area contributed by atoms with E-state index in [2.05, 4.69) is 11.9 Å². The van der Waals surface area contributed by atoms with Gasteiger partial charge in [-0.3, -0.25) is 4.79 Å². The summed E-state index contributed by atoms with van der Waals surface area (Å²) in [5, 5.41) is 2.81. The van der Waals surface area contributed by atoms with Crippen LogP contribution >= 0.6 is 0 Å². The van der Waals surface area contributed by atoms with Crippen LogP contribution in [0, 0.1) is 0 Å². The molecule has 0 aromatic carbocycles. The van der Waals surface area contributed by atoms with E-state index in [9.17, 15) is 4.79 Å². The average molecular weight is 213 g/mol. The molecule has 0 rings (SSSR count). The zero-order chi connectivity index (χ0) is 11.5. The Labute approximate surface area is 92.9 Å². The van der Waals surface area contributed by atoms with Crippen LogP contribution < -0.4 is 5.32 Å². The number of nitrogens with one attached hydrogen (secondary N) is 1. The second kappa shape index (κ2) is 9.71. The van der Waals surface area contributed by atoms with Crippen LogP contribution in [-0.2, 0) is 9.53 Å². The Morgan fingerprint density at radius 2 is 1.93 bits per heavy atom. The van der Waals surface area contributed by atoms with Crippen molar-refractivity contribution in [1.29, 1.82) is 0 Å². The number of hydrogen-bond donors (Lipinski definition) is 1. The van der Waals surface area contributed by atoms with Gasteiger partial charge in [-0.15, -0.1) is 0 Å². The first-order valence-corrected chi connectivity index (χ1v) is 5.70. The van der Waals surface area contributed by atoms with Crippen molar-refractivity contribution in [2.45, 2.75) is 39.5 Å². The summed E-state index contributed by atoms with van der Waals surface area (Å²) in [5.74, 6) is -0.0377. The van der Waals surface area contributed by atoms with Crippen molar-refractivity contribution in [3.05, 3.63) is 12.2 Å². The average Bonchev–Trinajstić information content (AvgIpc) is 2.21. The maximum absolute atomic E-state index is 11.1. The van der Waals surface area contributed by atoms with Gasteiger partial charge in [-0.2, -0.15) is 0 Å². The smallest absolute Gasteiger partial charge is 0.246 e. The van der Waals surface area contributed by atoms with Gasteiger partial charge in [0.05, 0.1) is 0 Å². The maximum atomic E-state index is 11.1. The Morgan fingerprint density at radius 3 is 2.53 bits per heavy atom. The van der Waals surface area contributed by atoms with Crippen LogP contribution in [0.3, 0.4) is 0 Å². The Morgan fingerprint density at radius 1 is 1.27 bits per heavy atom. The molecule has 0 bridgehead atoms. The highest BCUT2D eigenvalue weighted by Gasteiger charge is 1.98. The third-order valence-corrected chi connectivity index (χ3v) is 2.09. The second-order valence-corrected chi connectivity index (χ2v) is 3.65. The van der Waals surface area contributed by atoms with Crippen molar-refractivity contribution in [2.24, 2.45) is 0 Å². The lowest BCUT2D eigenvalue weighted by molar-refractivity contribution is -0.117. The van der Waals surface area contributed by atoms with Gasteiger partial charge in [0.2, 0.25) is 5.91 Å². The largest absolute Gasteiger partial charge is 0.382 e. The van der Waals surface area contributed by atoms with E-state index in [1.165, 1.54) is 6.42 Å². The lowest BCUT2D eigenvalue weighted by Gasteiger charge is -2.04. The molecule has 0 aliphatic carbocycles. The molecule has 0 aromatic heterocycles. The molecule has 0 saturated carbocycles. The molecule has 0 aliphatic rings. The Kier molecular flexibility index (Phi) is 9.18. The molecule has 88 valence electrons. The number of ether oxygens (including phenoxy) is 1. The number of unbranched alkanes of at least 4 members (excludes halogenated alkanes) is 3. The lowest BCUT2D eigenvalue weighted by atomic mass is 10.2. The van der Waals surface area contributed by atoms with Gasteiger partial charge >= 0.3 is 0 Å². The number of amides is 1. The number of carbonyl (C=O) groups excluding carboxylic acids is 1. The zero-order valence-electron chi connectivity index (χ0n) is 9.97. The maximum Gasteiger partial charge on any atom is 0.246 e. The van der Waals surface area contributed by atoms with Crippen LogP contribution in [0.15, 0.2) is 12.2 Å². The molecule has 0 atom stereocenters. The van der Waals surface area contributed by atoms with E-state index in [-0.39, 0.29) is 5.91 Å². The number of carbonyl (C=O) groups is 1. The minimum absolute atomic E-state index is 0.0377. The van der Waals surface area contributed by atoms with Gasteiger partial charge < -0.3 is 10.1 Å². The highest BCUT2D eigenvalue weighted by molar-refractivity contribution is 5.91. The first-order valence-electron chi connectivity index (χ1n) is 5.70. The third kappa shape index (κ3) is 9.47. The lowest BCUT2D eigenvalue weighted by Crippen LogP contribution is -2.24. The van der Waals surface area contributed by atoms with Gasteiger partial charge in [-0.05, 0) is 26.7 Å². The molecule has 0 aromatic rings. The first-order chi connectivity index (χ1) is 7.18.